The highest BCUT2D eigenvalue weighted by atomic mass is 32.2. The van der Waals surface area contributed by atoms with Crippen LogP contribution in [-0.2, 0) is 30.8 Å². The molecule has 1 aliphatic carbocycles. The molecule has 1 heterocycles. The van der Waals surface area contributed by atoms with Crippen molar-refractivity contribution >= 4 is 33.3 Å². The summed E-state index contributed by atoms with van der Waals surface area (Å²) in [6.07, 6.45) is -5.81. The molecule has 0 radical (unpaired) electrons. The van der Waals surface area contributed by atoms with Gasteiger partial charge >= 0.3 is 6.18 Å². The first-order valence-electron chi connectivity index (χ1n) is 13.2. The van der Waals surface area contributed by atoms with Gasteiger partial charge in [0.2, 0.25) is 21.5 Å². The topological polar surface area (TPSA) is 131 Å². The zero-order chi connectivity index (χ0) is 32.0. The molecule has 0 saturated carbocycles. The Morgan fingerprint density at radius 2 is 1.63 bits per heavy atom. The maximum Gasteiger partial charge on any atom is 0.421 e. The Bertz CT molecular complexity index is 1600. The molecule has 2 aromatic carbocycles. The normalized spacial score (nSPS) is 20.2. The van der Waals surface area contributed by atoms with Crippen LogP contribution >= 0.6 is 0 Å². The highest BCUT2D eigenvalue weighted by Crippen LogP contribution is 2.52. The van der Waals surface area contributed by atoms with Gasteiger partial charge in [0, 0.05) is 31.3 Å². The third-order valence-electron chi connectivity index (χ3n) is 7.39. The number of anilines is 1. The van der Waals surface area contributed by atoms with Crippen LogP contribution < -0.4 is 19.5 Å². The Labute approximate surface area is 247 Å². The number of carbonyl (C=O) groups excluding carboxylic acids is 3. The van der Waals surface area contributed by atoms with Gasteiger partial charge in [0.05, 0.1) is 24.7 Å². The Morgan fingerprint density at radius 3 is 2.19 bits per heavy atom. The number of hydrogen-bond donors (Lipinski definition) is 2. The van der Waals surface area contributed by atoms with Crippen LogP contribution in [0.1, 0.15) is 39.2 Å². The van der Waals surface area contributed by atoms with E-state index in [0.717, 1.165) is 17.0 Å². The number of nitrogens with one attached hydrogen (secondary N) is 2. The van der Waals surface area contributed by atoms with E-state index in [9.17, 15) is 22.8 Å². The fourth-order valence-corrected chi connectivity index (χ4v) is 6.81. The van der Waals surface area contributed by atoms with E-state index in [-0.39, 0.29) is 37.2 Å². The lowest BCUT2D eigenvalue weighted by Gasteiger charge is -2.35. The quantitative estimate of drug-likeness (QED) is 0.432. The van der Waals surface area contributed by atoms with Crippen LogP contribution in [0.25, 0.3) is 0 Å². The van der Waals surface area contributed by atoms with Crippen LogP contribution in [0.3, 0.4) is 0 Å². The van der Waals surface area contributed by atoms with Crippen LogP contribution in [-0.4, -0.2) is 63.4 Å². The van der Waals surface area contributed by atoms with E-state index in [1.807, 2.05) is 0 Å². The van der Waals surface area contributed by atoms with Gasteiger partial charge in [-0.3, -0.25) is 14.4 Å². The number of ketones is 1. The summed E-state index contributed by atoms with van der Waals surface area (Å²) < 4.78 is 84.4. The SMILES string of the molecule is COc1ccc(CCN2C(=O)[C@](NS(=O)(=O)c3ccc(NC(C)=O)cc3)(C(F)(F)F)C3=C2CC(C)(C)CC3=O)cc1OC. The molecule has 10 nitrogen and oxygen atoms in total. The summed E-state index contributed by atoms with van der Waals surface area (Å²) in [5.74, 6) is -2.19. The molecule has 14 heteroatoms. The zero-order valence-electron chi connectivity index (χ0n) is 24.2. The second-order valence-electron chi connectivity index (χ2n) is 11.2. The summed E-state index contributed by atoms with van der Waals surface area (Å²) in [6, 6.07) is 9.28. The standard InChI is InChI=1S/C29H32F3N3O7S/c1-17(36)33-19-7-9-20(10-8-19)43(39,40)34-28(29(30,31)32)25-21(15-27(2,3)16-22(25)37)35(26(28)38)13-12-18-6-11-23(41-4)24(14-18)42-5/h6-11,14,34H,12-13,15-16H2,1-5H3,(H,33,36)/t28-/m0/s1. The van der Waals surface area contributed by atoms with Gasteiger partial charge in [-0.1, -0.05) is 19.9 Å². The van der Waals surface area contributed by atoms with Gasteiger partial charge in [0.25, 0.3) is 5.91 Å². The second-order valence-corrected chi connectivity index (χ2v) is 12.9. The van der Waals surface area contributed by atoms with Crippen LogP contribution in [0.5, 0.6) is 11.5 Å². The lowest BCUT2D eigenvalue weighted by Crippen LogP contribution is -2.66. The number of rotatable bonds is 9. The lowest BCUT2D eigenvalue weighted by molar-refractivity contribution is -0.188. The van der Waals surface area contributed by atoms with Crippen LogP contribution in [0.2, 0.25) is 0 Å². The first kappa shape index (κ1) is 32.0. The minimum atomic E-state index is -5.51. The Morgan fingerprint density at radius 1 is 1.00 bits per heavy atom. The molecule has 2 aliphatic rings. The predicted octanol–water partition coefficient (Wildman–Crippen LogP) is 3.97. The third-order valence-corrected chi connectivity index (χ3v) is 8.86. The van der Waals surface area contributed by atoms with Crippen molar-refractivity contribution in [2.24, 2.45) is 5.41 Å². The number of nitrogens with zero attached hydrogens (tertiary/aromatic N) is 1. The van der Waals surface area contributed by atoms with Gasteiger partial charge in [-0.2, -0.15) is 17.9 Å². The molecule has 43 heavy (non-hydrogen) atoms. The van der Waals surface area contributed by atoms with Gasteiger partial charge in [-0.15, -0.1) is 0 Å². The van der Waals surface area contributed by atoms with Crippen molar-refractivity contribution in [1.29, 1.82) is 0 Å². The molecular formula is C29H32F3N3O7S. The van der Waals surface area contributed by atoms with Gasteiger partial charge in [0.15, 0.2) is 17.3 Å². The van der Waals surface area contributed by atoms with E-state index in [0.29, 0.717) is 17.1 Å². The second kappa shape index (κ2) is 11.3. The van der Waals surface area contributed by atoms with E-state index >= 15 is 13.2 Å². The predicted molar refractivity (Wildman–Crippen MR) is 150 cm³/mol. The monoisotopic (exact) mass is 623 g/mol. The molecule has 1 aliphatic heterocycles. The molecule has 2 aromatic rings. The molecule has 0 bridgehead atoms. The van der Waals surface area contributed by atoms with E-state index < -0.39 is 55.2 Å². The number of carbonyl (C=O) groups is 3. The van der Waals surface area contributed by atoms with Crippen molar-refractivity contribution < 1.29 is 45.4 Å². The van der Waals surface area contributed by atoms with E-state index in [4.69, 9.17) is 9.47 Å². The highest BCUT2D eigenvalue weighted by Gasteiger charge is 2.72. The van der Waals surface area contributed by atoms with Crippen molar-refractivity contribution in [3.63, 3.8) is 0 Å². The number of methoxy groups -OCH3 is 2. The van der Waals surface area contributed by atoms with Gasteiger partial charge in [0.1, 0.15) is 0 Å². The van der Waals surface area contributed by atoms with Crippen molar-refractivity contribution in [3.05, 3.63) is 59.3 Å². The first-order valence-corrected chi connectivity index (χ1v) is 14.7. The number of alkyl halides is 3. The summed E-state index contributed by atoms with van der Waals surface area (Å²) in [4.78, 5) is 38.9. The minimum Gasteiger partial charge on any atom is -0.493 e. The number of halogens is 3. The molecule has 0 unspecified atom stereocenters. The fourth-order valence-electron chi connectivity index (χ4n) is 5.49. The van der Waals surface area contributed by atoms with Crippen molar-refractivity contribution in [3.8, 4) is 11.5 Å². The summed E-state index contributed by atoms with van der Waals surface area (Å²) in [5.41, 5.74) is -4.85. The van der Waals surface area contributed by atoms with E-state index in [2.05, 4.69) is 5.32 Å². The number of amides is 2. The van der Waals surface area contributed by atoms with Crippen molar-refractivity contribution in [2.75, 3.05) is 26.1 Å². The maximum absolute atomic E-state index is 15.1. The maximum atomic E-state index is 15.1. The number of Topliss-reactive ketones (excluding diaryl/α,β-unsaturated/α-hetero) is 1. The smallest absolute Gasteiger partial charge is 0.421 e. The van der Waals surface area contributed by atoms with Gasteiger partial charge in [-0.25, -0.2) is 8.42 Å². The molecule has 232 valence electrons. The molecule has 0 aromatic heterocycles. The molecule has 1 atom stereocenters. The molecular weight excluding hydrogens is 591 g/mol. The zero-order valence-corrected chi connectivity index (χ0v) is 25.0. The molecule has 2 amide bonds. The largest absolute Gasteiger partial charge is 0.493 e. The Hall–Kier alpha value is -3.91. The van der Waals surface area contributed by atoms with Crippen LogP contribution in [0.4, 0.5) is 18.9 Å². The average Bonchev–Trinajstić information content (AvgIpc) is 3.13. The Balaban J connectivity index is 1.79. The van der Waals surface area contributed by atoms with Crippen molar-refractivity contribution in [1.82, 2.24) is 9.62 Å². The molecule has 0 spiro atoms. The summed E-state index contributed by atoms with van der Waals surface area (Å²) in [5, 5.41) is 2.43. The molecule has 2 N–H and O–H groups in total. The van der Waals surface area contributed by atoms with Gasteiger partial charge < -0.3 is 19.7 Å². The summed E-state index contributed by atoms with van der Waals surface area (Å²) >= 11 is 0. The Kier molecular flexibility index (Phi) is 8.41. The van der Waals surface area contributed by atoms with Crippen LogP contribution in [0, 0.1) is 5.41 Å². The van der Waals surface area contributed by atoms with Crippen molar-refractivity contribution in [2.45, 2.75) is 56.6 Å². The highest BCUT2D eigenvalue weighted by molar-refractivity contribution is 7.89. The molecule has 0 saturated heterocycles. The average molecular weight is 624 g/mol. The first-order chi connectivity index (χ1) is 20.0. The van der Waals surface area contributed by atoms with E-state index in [1.165, 1.54) is 33.3 Å². The molecule has 0 fully saturated rings. The van der Waals surface area contributed by atoms with Gasteiger partial charge in [-0.05, 0) is 60.2 Å². The summed E-state index contributed by atoms with van der Waals surface area (Å²) in [7, 11) is -2.14. The summed E-state index contributed by atoms with van der Waals surface area (Å²) in [6.45, 7) is 4.36. The lowest BCUT2D eigenvalue weighted by atomic mass is 9.72. The minimum absolute atomic E-state index is 0.0588. The fraction of sp³-hybridized carbons (Fsp3) is 0.414. The number of hydrogen-bond acceptors (Lipinski definition) is 7. The number of allylic oxidation sites excluding steroid dienone is 1. The number of ether oxygens (including phenoxy) is 2. The number of benzene rings is 2. The third kappa shape index (κ3) is 5.98. The van der Waals surface area contributed by atoms with Crippen LogP contribution in [0.15, 0.2) is 58.6 Å². The van der Waals surface area contributed by atoms with E-state index in [1.54, 1.807) is 36.8 Å². The number of sulfonamides is 1. The molecule has 4 rings (SSSR count).